The lowest BCUT2D eigenvalue weighted by molar-refractivity contribution is -0.125. The molecule has 0 unspecified atom stereocenters. The average molecular weight is 321 g/mol. The fourth-order valence-corrected chi connectivity index (χ4v) is 3.33. The summed E-state index contributed by atoms with van der Waals surface area (Å²) in [7, 11) is 0. The van der Waals surface area contributed by atoms with E-state index < -0.39 is 0 Å². The van der Waals surface area contributed by atoms with E-state index in [1.807, 2.05) is 26.0 Å². The summed E-state index contributed by atoms with van der Waals surface area (Å²) in [5.41, 5.74) is 0. The molecule has 1 heterocycles. The molecule has 7 heteroatoms. The van der Waals surface area contributed by atoms with Crippen molar-refractivity contribution in [3.63, 3.8) is 0 Å². The molecule has 0 bridgehead atoms. The van der Waals surface area contributed by atoms with Gasteiger partial charge >= 0.3 is 0 Å². The first-order chi connectivity index (χ1) is 8.97. The lowest BCUT2D eigenvalue weighted by Gasteiger charge is -2.09. The van der Waals surface area contributed by atoms with E-state index in [0.717, 1.165) is 15.0 Å². The van der Waals surface area contributed by atoms with Crippen molar-refractivity contribution in [3.8, 4) is 0 Å². The number of thiophene rings is 1. The highest BCUT2D eigenvalue weighted by Gasteiger charge is 2.07. The first-order valence-corrected chi connectivity index (χ1v) is 8.20. The topological polar surface area (TPSA) is 58.2 Å². The van der Waals surface area contributed by atoms with Crippen molar-refractivity contribution in [2.24, 2.45) is 0 Å². The third-order valence-electron chi connectivity index (χ3n) is 2.00. The predicted molar refractivity (Wildman–Crippen MR) is 81.8 cm³/mol. The molecule has 0 atom stereocenters. The molecule has 0 fully saturated rings. The van der Waals surface area contributed by atoms with Crippen LogP contribution in [-0.4, -0.2) is 30.2 Å². The van der Waals surface area contributed by atoms with Crippen LogP contribution in [0.15, 0.2) is 12.1 Å². The summed E-state index contributed by atoms with van der Waals surface area (Å²) in [6, 6.07) is 3.88. The van der Waals surface area contributed by atoms with Crippen molar-refractivity contribution >= 4 is 46.5 Å². The number of hydrogen-bond acceptors (Lipinski definition) is 4. The monoisotopic (exact) mass is 320 g/mol. The first kappa shape index (κ1) is 16.3. The minimum absolute atomic E-state index is 0.0302. The maximum atomic E-state index is 11.5. The van der Waals surface area contributed by atoms with Gasteiger partial charge in [0.15, 0.2) is 0 Å². The van der Waals surface area contributed by atoms with Crippen LogP contribution in [-0.2, 0) is 15.3 Å². The molecule has 0 saturated carbocycles. The van der Waals surface area contributed by atoms with Gasteiger partial charge in [0, 0.05) is 16.7 Å². The van der Waals surface area contributed by atoms with Crippen molar-refractivity contribution < 1.29 is 9.59 Å². The Bertz CT molecular complexity index is 435. The summed E-state index contributed by atoms with van der Waals surface area (Å²) < 4.78 is 0.755. The fourth-order valence-electron chi connectivity index (χ4n) is 1.28. The minimum Gasteiger partial charge on any atom is -0.352 e. The second-order valence-corrected chi connectivity index (χ2v) is 6.98. The van der Waals surface area contributed by atoms with Gasteiger partial charge in [0.05, 0.1) is 16.6 Å². The smallest absolute Gasteiger partial charge is 0.239 e. The molecule has 0 aromatic carbocycles. The lowest BCUT2D eigenvalue weighted by Crippen LogP contribution is -2.40. The fraction of sp³-hybridized carbons (Fsp3) is 0.500. The van der Waals surface area contributed by atoms with Crippen LogP contribution in [0.5, 0.6) is 0 Å². The summed E-state index contributed by atoms with van der Waals surface area (Å²) in [6.45, 7) is 3.78. The molecule has 2 N–H and O–H groups in total. The van der Waals surface area contributed by atoms with Gasteiger partial charge in [-0.3, -0.25) is 9.59 Å². The number of rotatable bonds is 7. The molecule has 1 aromatic rings. The van der Waals surface area contributed by atoms with Gasteiger partial charge in [-0.2, -0.15) is 0 Å². The van der Waals surface area contributed by atoms with Gasteiger partial charge in [0.2, 0.25) is 11.8 Å². The van der Waals surface area contributed by atoms with E-state index in [4.69, 9.17) is 11.6 Å². The van der Waals surface area contributed by atoms with Crippen molar-refractivity contribution in [1.29, 1.82) is 0 Å². The highest BCUT2D eigenvalue weighted by molar-refractivity contribution is 7.99. The normalized spacial score (nSPS) is 10.5. The van der Waals surface area contributed by atoms with Crippen LogP contribution in [0.1, 0.15) is 18.7 Å². The van der Waals surface area contributed by atoms with E-state index in [1.165, 1.54) is 23.1 Å². The second-order valence-electron chi connectivity index (χ2n) is 4.20. The molecule has 0 aliphatic heterocycles. The highest BCUT2D eigenvalue weighted by atomic mass is 35.5. The maximum Gasteiger partial charge on any atom is 0.239 e. The Labute approximate surface area is 126 Å². The SMILES string of the molecule is CC(C)NC(=O)CNC(=O)CSCc1ccc(Cl)s1. The molecular weight excluding hydrogens is 304 g/mol. The van der Waals surface area contributed by atoms with Crippen molar-refractivity contribution in [2.75, 3.05) is 12.3 Å². The second kappa shape index (κ2) is 8.45. The zero-order valence-electron chi connectivity index (χ0n) is 10.9. The third kappa shape index (κ3) is 7.44. The van der Waals surface area contributed by atoms with Crippen molar-refractivity contribution in [2.45, 2.75) is 25.6 Å². The molecule has 1 rings (SSSR count). The number of thioether (sulfide) groups is 1. The van der Waals surface area contributed by atoms with Gasteiger partial charge in [-0.25, -0.2) is 0 Å². The molecule has 4 nitrogen and oxygen atoms in total. The van der Waals surface area contributed by atoms with E-state index in [9.17, 15) is 9.59 Å². The van der Waals surface area contributed by atoms with Crippen LogP contribution >= 0.6 is 34.7 Å². The summed E-state index contributed by atoms with van der Waals surface area (Å²) in [5.74, 6) is 0.790. The first-order valence-electron chi connectivity index (χ1n) is 5.85. The zero-order chi connectivity index (χ0) is 14.3. The molecule has 0 spiro atoms. The number of halogens is 1. The van der Waals surface area contributed by atoms with Crippen LogP contribution in [0, 0.1) is 0 Å². The molecule has 2 amide bonds. The summed E-state index contributed by atoms with van der Waals surface area (Å²) in [4.78, 5) is 23.9. The molecule has 0 aliphatic carbocycles. The molecule has 1 aromatic heterocycles. The molecule has 106 valence electrons. The Balaban J connectivity index is 2.13. The van der Waals surface area contributed by atoms with Gasteiger partial charge in [0.1, 0.15) is 0 Å². The van der Waals surface area contributed by atoms with Gasteiger partial charge < -0.3 is 10.6 Å². The van der Waals surface area contributed by atoms with Crippen LogP contribution < -0.4 is 10.6 Å². The minimum atomic E-state index is -0.168. The number of hydrogen-bond donors (Lipinski definition) is 2. The Morgan fingerprint density at radius 1 is 1.37 bits per heavy atom. The standard InChI is InChI=1S/C12H17ClN2O2S2/c1-8(2)15-11(16)5-14-12(17)7-18-6-9-3-4-10(13)19-9/h3-4,8H,5-7H2,1-2H3,(H,14,17)(H,15,16). The summed E-state index contributed by atoms with van der Waals surface area (Å²) in [5, 5.41) is 5.29. The van der Waals surface area contributed by atoms with Gasteiger partial charge in [-0.1, -0.05) is 11.6 Å². The Kier molecular flexibility index (Phi) is 7.27. The Hall–Kier alpha value is -0.720. The largest absolute Gasteiger partial charge is 0.352 e. The van der Waals surface area contributed by atoms with Crippen LogP contribution in [0.3, 0.4) is 0 Å². The molecular formula is C12H17ClN2O2S2. The molecule has 0 saturated heterocycles. The number of nitrogens with one attached hydrogen (secondary N) is 2. The predicted octanol–water partition coefficient (Wildman–Crippen LogP) is 2.28. The number of amides is 2. The van der Waals surface area contributed by atoms with Gasteiger partial charge in [0.25, 0.3) is 0 Å². The summed E-state index contributed by atoms with van der Waals surface area (Å²) >= 11 is 8.83. The van der Waals surface area contributed by atoms with E-state index in [-0.39, 0.29) is 24.4 Å². The van der Waals surface area contributed by atoms with Crippen LogP contribution in [0.4, 0.5) is 0 Å². The Morgan fingerprint density at radius 3 is 2.68 bits per heavy atom. The zero-order valence-corrected chi connectivity index (χ0v) is 13.3. The van der Waals surface area contributed by atoms with Crippen molar-refractivity contribution in [1.82, 2.24) is 10.6 Å². The molecule has 19 heavy (non-hydrogen) atoms. The Morgan fingerprint density at radius 2 is 2.11 bits per heavy atom. The van der Waals surface area contributed by atoms with Crippen LogP contribution in [0.25, 0.3) is 0 Å². The third-order valence-corrected chi connectivity index (χ3v) is 4.40. The van der Waals surface area contributed by atoms with E-state index >= 15 is 0 Å². The molecule has 0 radical (unpaired) electrons. The van der Waals surface area contributed by atoms with Crippen LogP contribution in [0.2, 0.25) is 4.34 Å². The maximum absolute atomic E-state index is 11.5. The van der Waals surface area contributed by atoms with Gasteiger partial charge in [-0.05, 0) is 26.0 Å². The lowest BCUT2D eigenvalue weighted by atomic mass is 10.4. The van der Waals surface area contributed by atoms with E-state index in [0.29, 0.717) is 5.75 Å². The van der Waals surface area contributed by atoms with E-state index in [2.05, 4.69) is 10.6 Å². The molecule has 0 aliphatic rings. The van der Waals surface area contributed by atoms with Crippen molar-refractivity contribution in [3.05, 3.63) is 21.3 Å². The summed E-state index contributed by atoms with van der Waals surface area (Å²) in [6.07, 6.45) is 0. The number of carbonyl (C=O) groups excluding carboxylic acids is 2. The number of carbonyl (C=O) groups is 2. The highest BCUT2D eigenvalue weighted by Crippen LogP contribution is 2.24. The quantitative estimate of drug-likeness (QED) is 0.810. The van der Waals surface area contributed by atoms with E-state index in [1.54, 1.807) is 0 Å². The van der Waals surface area contributed by atoms with Gasteiger partial charge in [-0.15, -0.1) is 23.1 Å². The average Bonchev–Trinajstić information content (AvgIpc) is 2.71.